The van der Waals surface area contributed by atoms with Crippen LogP contribution in [0.3, 0.4) is 0 Å². The predicted octanol–water partition coefficient (Wildman–Crippen LogP) is 2.98. The molecule has 3 atom stereocenters. The van der Waals surface area contributed by atoms with E-state index in [1.807, 2.05) is 0 Å². The molecule has 1 aromatic heterocycles. The van der Waals surface area contributed by atoms with Gasteiger partial charge >= 0.3 is 6.03 Å². The van der Waals surface area contributed by atoms with Crippen LogP contribution in [0, 0.1) is 17.7 Å². The molecule has 3 unspecified atom stereocenters. The average molecular weight is 375 g/mol. The minimum absolute atomic E-state index is 0.0101. The fraction of sp³-hybridized carbons (Fsp3) is 0.333. The van der Waals surface area contributed by atoms with E-state index in [4.69, 9.17) is 0 Å². The molecule has 2 fully saturated rings. The van der Waals surface area contributed by atoms with Crippen molar-refractivity contribution >= 4 is 34.6 Å². The molecule has 1 saturated heterocycles. The molecule has 2 heterocycles. The minimum Gasteiger partial charge on any atom is -0.393 e. The van der Waals surface area contributed by atoms with Crippen molar-refractivity contribution in [3.8, 4) is 0 Å². The van der Waals surface area contributed by atoms with Crippen LogP contribution in [-0.4, -0.2) is 41.1 Å². The summed E-state index contributed by atoms with van der Waals surface area (Å²) in [6.07, 6.45) is 0.423. The standard InChI is InChI=1S/C18H18FN3O3S/c19-14-2-1-12(6-15(14)21-17(24)10-3-4-26-9-10)20-18(25)22-7-11-5-16(23)13(11)8-22/h1-4,6,9,11,13,16,23H,5,7-8H2,(H,20,25)(H,21,24). The third kappa shape index (κ3) is 3.17. The van der Waals surface area contributed by atoms with Gasteiger partial charge < -0.3 is 20.6 Å². The van der Waals surface area contributed by atoms with Gasteiger partial charge in [-0.3, -0.25) is 4.79 Å². The van der Waals surface area contributed by atoms with E-state index in [0.717, 1.165) is 6.42 Å². The number of anilines is 2. The summed E-state index contributed by atoms with van der Waals surface area (Å²) in [5.41, 5.74) is 0.864. The number of fused-ring (bicyclic) bond motifs is 1. The van der Waals surface area contributed by atoms with Crippen molar-refractivity contribution < 1.29 is 19.1 Å². The number of urea groups is 1. The van der Waals surface area contributed by atoms with Crippen LogP contribution in [0.4, 0.5) is 20.6 Å². The lowest BCUT2D eigenvalue weighted by molar-refractivity contribution is -0.00421. The maximum absolute atomic E-state index is 14.0. The van der Waals surface area contributed by atoms with E-state index in [1.54, 1.807) is 21.7 Å². The topological polar surface area (TPSA) is 81.7 Å². The number of rotatable bonds is 3. The summed E-state index contributed by atoms with van der Waals surface area (Å²) < 4.78 is 14.0. The number of aliphatic hydroxyl groups is 1. The van der Waals surface area contributed by atoms with Gasteiger partial charge in [0.25, 0.3) is 5.91 Å². The number of aliphatic hydroxyl groups excluding tert-OH is 1. The van der Waals surface area contributed by atoms with Gasteiger partial charge in [0.1, 0.15) is 5.82 Å². The van der Waals surface area contributed by atoms with Gasteiger partial charge in [0.05, 0.1) is 17.4 Å². The number of carbonyl (C=O) groups excluding carboxylic acids is 2. The first-order valence-electron chi connectivity index (χ1n) is 8.38. The summed E-state index contributed by atoms with van der Waals surface area (Å²) in [6.45, 7) is 1.15. The van der Waals surface area contributed by atoms with E-state index in [9.17, 15) is 19.1 Å². The Balaban J connectivity index is 1.42. The maximum Gasteiger partial charge on any atom is 0.321 e. The lowest BCUT2D eigenvalue weighted by Gasteiger charge is -2.34. The summed E-state index contributed by atoms with van der Waals surface area (Å²) in [5, 5.41) is 18.4. The Labute approximate surface area is 153 Å². The van der Waals surface area contributed by atoms with E-state index in [-0.39, 0.29) is 23.7 Å². The predicted molar refractivity (Wildman–Crippen MR) is 96.9 cm³/mol. The highest BCUT2D eigenvalue weighted by atomic mass is 32.1. The number of thiophene rings is 1. The fourth-order valence-electron chi connectivity index (χ4n) is 3.53. The number of likely N-dealkylation sites (tertiary alicyclic amines) is 1. The minimum atomic E-state index is -0.575. The second kappa shape index (κ2) is 6.69. The van der Waals surface area contributed by atoms with Crippen LogP contribution in [0.25, 0.3) is 0 Å². The van der Waals surface area contributed by atoms with Crippen molar-refractivity contribution in [3.05, 3.63) is 46.4 Å². The second-order valence-corrected chi connectivity index (χ2v) is 7.50. The fourth-order valence-corrected chi connectivity index (χ4v) is 4.16. The van der Waals surface area contributed by atoms with Crippen molar-refractivity contribution in [2.75, 3.05) is 23.7 Å². The molecule has 2 aliphatic rings. The van der Waals surface area contributed by atoms with Gasteiger partial charge in [-0.2, -0.15) is 11.3 Å². The number of benzene rings is 1. The van der Waals surface area contributed by atoms with Crippen LogP contribution in [0.2, 0.25) is 0 Å². The first-order valence-corrected chi connectivity index (χ1v) is 9.32. The van der Waals surface area contributed by atoms with Crippen LogP contribution < -0.4 is 10.6 Å². The van der Waals surface area contributed by atoms with Crippen LogP contribution in [0.15, 0.2) is 35.0 Å². The van der Waals surface area contributed by atoms with Crippen molar-refractivity contribution in [1.82, 2.24) is 4.90 Å². The number of hydrogen-bond acceptors (Lipinski definition) is 4. The summed E-state index contributed by atoms with van der Waals surface area (Å²) in [7, 11) is 0. The molecule has 1 aliphatic heterocycles. The van der Waals surface area contributed by atoms with Gasteiger partial charge in [0, 0.05) is 30.1 Å². The molecular formula is C18H18FN3O3S. The van der Waals surface area contributed by atoms with Crippen LogP contribution in [-0.2, 0) is 0 Å². The van der Waals surface area contributed by atoms with Crippen LogP contribution >= 0.6 is 11.3 Å². The third-order valence-electron chi connectivity index (χ3n) is 5.07. The maximum atomic E-state index is 14.0. The molecule has 2 aromatic rings. The second-order valence-electron chi connectivity index (χ2n) is 6.72. The lowest BCUT2D eigenvalue weighted by Crippen LogP contribution is -2.40. The smallest absolute Gasteiger partial charge is 0.321 e. The molecule has 1 aliphatic carbocycles. The van der Waals surface area contributed by atoms with Gasteiger partial charge in [0.2, 0.25) is 0 Å². The summed E-state index contributed by atoms with van der Waals surface area (Å²) >= 11 is 1.38. The molecule has 8 heteroatoms. The van der Waals surface area contributed by atoms with Gasteiger partial charge in [-0.1, -0.05) is 0 Å². The van der Waals surface area contributed by atoms with Gasteiger partial charge in [-0.25, -0.2) is 9.18 Å². The number of halogens is 1. The van der Waals surface area contributed by atoms with E-state index in [1.165, 1.54) is 29.5 Å². The molecule has 136 valence electrons. The van der Waals surface area contributed by atoms with E-state index in [2.05, 4.69) is 10.6 Å². The Morgan fingerprint density at radius 2 is 2.08 bits per heavy atom. The molecule has 3 N–H and O–H groups in total. The number of carbonyl (C=O) groups is 2. The highest BCUT2D eigenvalue weighted by Crippen LogP contribution is 2.40. The average Bonchev–Trinajstić information content (AvgIpc) is 3.25. The number of amides is 3. The molecule has 0 spiro atoms. The van der Waals surface area contributed by atoms with Gasteiger partial charge in [-0.15, -0.1) is 0 Å². The van der Waals surface area contributed by atoms with E-state index < -0.39 is 11.7 Å². The van der Waals surface area contributed by atoms with Crippen LogP contribution in [0.1, 0.15) is 16.8 Å². The first-order chi connectivity index (χ1) is 12.5. The monoisotopic (exact) mass is 375 g/mol. The zero-order valence-corrected chi connectivity index (χ0v) is 14.6. The van der Waals surface area contributed by atoms with Crippen LogP contribution in [0.5, 0.6) is 0 Å². The van der Waals surface area contributed by atoms with Crippen molar-refractivity contribution in [2.24, 2.45) is 11.8 Å². The number of nitrogens with zero attached hydrogens (tertiary/aromatic N) is 1. The molecule has 6 nitrogen and oxygen atoms in total. The molecule has 0 radical (unpaired) electrons. The zero-order valence-electron chi connectivity index (χ0n) is 13.8. The normalized spacial score (nSPS) is 23.9. The number of nitrogens with one attached hydrogen (secondary N) is 2. The van der Waals surface area contributed by atoms with Crippen molar-refractivity contribution in [3.63, 3.8) is 0 Å². The van der Waals surface area contributed by atoms with E-state index >= 15 is 0 Å². The molecule has 1 aromatic carbocycles. The highest BCUT2D eigenvalue weighted by molar-refractivity contribution is 7.08. The molecule has 4 rings (SSSR count). The first kappa shape index (κ1) is 17.0. The molecular weight excluding hydrogens is 357 g/mol. The van der Waals surface area contributed by atoms with Gasteiger partial charge in [-0.05, 0) is 42.0 Å². The molecule has 3 amide bonds. The lowest BCUT2D eigenvalue weighted by atomic mass is 9.74. The highest BCUT2D eigenvalue weighted by Gasteiger charge is 2.47. The molecule has 0 bridgehead atoms. The zero-order chi connectivity index (χ0) is 18.3. The summed E-state index contributed by atoms with van der Waals surface area (Å²) in [4.78, 5) is 26.2. The molecule has 26 heavy (non-hydrogen) atoms. The SMILES string of the molecule is O=C(Nc1cc(NC(=O)N2CC3CC(O)C3C2)ccc1F)c1ccsc1. The summed E-state index contributed by atoms with van der Waals surface area (Å²) in [6, 6.07) is 5.42. The quantitative estimate of drug-likeness (QED) is 0.771. The Kier molecular flexibility index (Phi) is 4.37. The third-order valence-corrected chi connectivity index (χ3v) is 5.75. The van der Waals surface area contributed by atoms with Gasteiger partial charge in [0.15, 0.2) is 0 Å². The largest absolute Gasteiger partial charge is 0.393 e. The number of hydrogen-bond donors (Lipinski definition) is 3. The summed E-state index contributed by atoms with van der Waals surface area (Å²) in [5.74, 6) is -0.452. The Hall–Kier alpha value is -2.45. The Morgan fingerprint density at radius 1 is 1.23 bits per heavy atom. The van der Waals surface area contributed by atoms with E-state index in [0.29, 0.717) is 30.3 Å². The van der Waals surface area contributed by atoms with Crippen molar-refractivity contribution in [1.29, 1.82) is 0 Å². The Morgan fingerprint density at radius 3 is 2.77 bits per heavy atom. The Bertz CT molecular complexity index is 842. The molecule has 1 saturated carbocycles. The van der Waals surface area contributed by atoms with Crippen molar-refractivity contribution in [2.45, 2.75) is 12.5 Å².